The molecule has 27 heavy (non-hydrogen) atoms. The van der Waals surface area contributed by atoms with E-state index in [1.807, 2.05) is 18.0 Å². The van der Waals surface area contributed by atoms with Crippen LogP contribution < -0.4 is 5.32 Å². The molecule has 0 aromatic heterocycles. The number of nitrogens with zero attached hydrogens (tertiary/aromatic N) is 2. The molecule has 0 spiro atoms. The number of nitrogens with one attached hydrogen (secondary N) is 1. The maximum Gasteiger partial charge on any atom is 0.283 e. The normalized spacial score (nSPS) is 15.9. The van der Waals surface area contributed by atoms with Gasteiger partial charge in [-0.25, -0.2) is 0 Å². The van der Waals surface area contributed by atoms with E-state index in [1.165, 1.54) is 12.1 Å². The zero-order valence-corrected chi connectivity index (χ0v) is 16.4. The van der Waals surface area contributed by atoms with Crippen molar-refractivity contribution in [3.05, 3.63) is 59.1 Å². The molecule has 142 valence electrons. The smallest absolute Gasteiger partial charge is 0.283 e. The molecule has 1 amide bonds. The Morgan fingerprint density at radius 2 is 1.89 bits per heavy atom. The summed E-state index contributed by atoms with van der Waals surface area (Å²) < 4.78 is 28.8. The third kappa shape index (κ3) is 4.87. The molecule has 1 aliphatic rings. The van der Waals surface area contributed by atoms with Crippen LogP contribution in [0.4, 0.5) is 5.69 Å². The highest BCUT2D eigenvalue weighted by atomic mass is 35.5. The molecule has 1 aliphatic heterocycles. The number of hydrogen-bond donors (Lipinski definition) is 1. The van der Waals surface area contributed by atoms with E-state index in [9.17, 15) is 13.2 Å². The fourth-order valence-electron chi connectivity index (χ4n) is 2.83. The van der Waals surface area contributed by atoms with Crippen LogP contribution in [0.2, 0.25) is 5.02 Å². The lowest BCUT2D eigenvalue weighted by Crippen LogP contribution is -2.20. The first-order chi connectivity index (χ1) is 12.8. The molecule has 8 heteroatoms. The average Bonchev–Trinajstić information content (AvgIpc) is 3.01. The number of carbonyl (C=O) groups is 1. The van der Waals surface area contributed by atoms with Gasteiger partial charge in [0.1, 0.15) is 5.84 Å². The fourth-order valence-corrected chi connectivity index (χ4v) is 4.13. The Morgan fingerprint density at radius 1 is 1.19 bits per heavy atom. The van der Waals surface area contributed by atoms with Crippen molar-refractivity contribution in [2.45, 2.75) is 24.2 Å². The van der Waals surface area contributed by atoms with Crippen molar-refractivity contribution in [2.75, 3.05) is 18.9 Å². The van der Waals surface area contributed by atoms with Crippen LogP contribution in [0, 0.1) is 0 Å². The fraction of sp³-hybridized carbons (Fsp3) is 0.263. The molecule has 1 fully saturated rings. The number of amides is 1. The van der Waals surface area contributed by atoms with Crippen LogP contribution >= 0.6 is 11.6 Å². The summed E-state index contributed by atoms with van der Waals surface area (Å²) in [5, 5.41) is 3.27. The number of likely N-dealkylation sites (tertiary alicyclic amines) is 1. The predicted molar refractivity (Wildman–Crippen MR) is 107 cm³/mol. The SMILES string of the molecule is CN1CCC/C1=N/S(=O)(=O)c1ccc(NC(=O)Cc2ccccc2Cl)cc1. The third-order valence-electron chi connectivity index (χ3n) is 4.30. The molecule has 0 bridgehead atoms. The molecule has 0 aliphatic carbocycles. The average molecular weight is 406 g/mol. The molecule has 2 aromatic rings. The lowest BCUT2D eigenvalue weighted by molar-refractivity contribution is -0.115. The maximum absolute atomic E-state index is 12.4. The largest absolute Gasteiger partial charge is 0.362 e. The van der Waals surface area contributed by atoms with Gasteiger partial charge in [-0.2, -0.15) is 8.42 Å². The Bertz CT molecular complexity index is 972. The maximum atomic E-state index is 12.4. The Morgan fingerprint density at radius 3 is 2.52 bits per heavy atom. The van der Waals surface area contributed by atoms with Gasteiger partial charge in [0, 0.05) is 30.7 Å². The topological polar surface area (TPSA) is 78.8 Å². The Balaban J connectivity index is 1.68. The summed E-state index contributed by atoms with van der Waals surface area (Å²) in [6, 6.07) is 13.1. The van der Waals surface area contributed by atoms with Gasteiger partial charge in [0.2, 0.25) is 5.91 Å². The highest BCUT2D eigenvalue weighted by Crippen LogP contribution is 2.20. The number of anilines is 1. The first-order valence-electron chi connectivity index (χ1n) is 8.53. The van der Waals surface area contributed by atoms with Crippen LogP contribution in [-0.2, 0) is 21.2 Å². The van der Waals surface area contributed by atoms with Gasteiger partial charge in [-0.3, -0.25) is 4.79 Å². The van der Waals surface area contributed by atoms with Crippen molar-refractivity contribution in [2.24, 2.45) is 4.40 Å². The van der Waals surface area contributed by atoms with Gasteiger partial charge in [0.15, 0.2) is 0 Å². The summed E-state index contributed by atoms with van der Waals surface area (Å²) in [5.41, 5.74) is 1.24. The number of amidine groups is 1. The molecule has 6 nitrogen and oxygen atoms in total. The molecule has 1 heterocycles. The van der Waals surface area contributed by atoms with Crippen LogP contribution in [0.3, 0.4) is 0 Å². The molecule has 2 aromatic carbocycles. The van der Waals surface area contributed by atoms with Crippen molar-refractivity contribution in [1.82, 2.24) is 4.90 Å². The number of hydrogen-bond acceptors (Lipinski definition) is 3. The van der Waals surface area contributed by atoms with Crippen LogP contribution in [0.25, 0.3) is 0 Å². The Labute approximate surface area is 163 Å². The van der Waals surface area contributed by atoms with E-state index in [1.54, 1.807) is 30.3 Å². The van der Waals surface area contributed by atoms with E-state index in [0.29, 0.717) is 23.0 Å². The van der Waals surface area contributed by atoms with E-state index in [0.717, 1.165) is 18.5 Å². The standard InChI is InChI=1S/C19H20ClN3O3S/c1-23-12-4-7-18(23)22-27(25,26)16-10-8-15(9-11-16)21-19(24)13-14-5-2-3-6-17(14)20/h2-3,5-6,8-11H,4,7,12-13H2,1H3,(H,21,24)/b22-18-. The Kier molecular flexibility index (Phi) is 5.82. The second-order valence-electron chi connectivity index (χ2n) is 6.35. The van der Waals surface area contributed by atoms with E-state index in [-0.39, 0.29) is 17.2 Å². The van der Waals surface area contributed by atoms with Gasteiger partial charge in [-0.15, -0.1) is 4.40 Å². The summed E-state index contributed by atoms with van der Waals surface area (Å²) in [6.45, 7) is 0.810. The second kappa shape index (κ2) is 8.10. The molecule has 0 unspecified atom stereocenters. The van der Waals surface area contributed by atoms with Crippen LogP contribution in [0.15, 0.2) is 57.8 Å². The molecule has 0 radical (unpaired) electrons. The molecule has 1 N–H and O–H groups in total. The van der Waals surface area contributed by atoms with Crippen LogP contribution in [0.5, 0.6) is 0 Å². The summed E-state index contributed by atoms with van der Waals surface area (Å²) in [5.74, 6) is 0.346. The quantitative estimate of drug-likeness (QED) is 0.827. The molecule has 0 atom stereocenters. The third-order valence-corrected chi connectivity index (χ3v) is 5.99. The molecule has 3 rings (SSSR count). The monoisotopic (exact) mass is 405 g/mol. The number of benzene rings is 2. The van der Waals surface area contributed by atoms with E-state index in [4.69, 9.17) is 11.6 Å². The van der Waals surface area contributed by atoms with Crippen molar-refractivity contribution in [3.63, 3.8) is 0 Å². The minimum absolute atomic E-state index is 0.0967. The van der Waals surface area contributed by atoms with Crippen molar-refractivity contribution < 1.29 is 13.2 Å². The minimum atomic E-state index is -3.76. The molecule has 1 saturated heterocycles. The summed E-state index contributed by atoms with van der Waals surface area (Å²) in [7, 11) is -1.93. The number of rotatable bonds is 5. The van der Waals surface area contributed by atoms with E-state index >= 15 is 0 Å². The number of sulfonamides is 1. The van der Waals surface area contributed by atoms with Gasteiger partial charge in [0.05, 0.1) is 11.3 Å². The molecular formula is C19H20ClN3O3S. The summed E-state index contributed by atoms with van der Waals surface area (Å²) in [6.07, 6.45) is 1.70. The second-order valence-corrected chi connectivity index (χ2v) is 8.36. The van der Waals surface area contributed by atoms with E-state index < -0.39 is 10.0 Å². The summed E-state index contributed by atoms with van der Waals surface area (Å²) >= 11 is 6.06. The first kappa shape index (κ1) is 19.4. The van der Waals surface area contributed by atoms with Crippen molar-refractivity contribution in [1.29, 1.82) is 0 Å². The van der Waals surface area contributed by atoms with Crippen LogP contribution in [-0.4, -0.2) is 38.7 Å². The lowest BCUT2D eigenvalue weighted by atomic mass is 10.1. The zero-order valence-electron chi connectivity index (χ0n) is 14.9. The van der Waals surface area contributed by atoms with Gasteiger partial charge < -0.3 is 10.2 Å². The highest BCUT2D eigenvalue weighted by molar-refractivity contribution is 7.90. The Hall–Kier alpha value is -2.38. The minimum Gasteiger partial charge on any atom is -0.362 e. The molecule has 0 saturated carbocycles. The molecular weight excluding hydrogens is 386 g/mol. The summed E-state index contributed by atoms with van der Waals surface area (Å²) in [4.78, 5) is 14.1. The van der Waals surface area contributed by atoms with Crippen LogP contribution in [0.1, 0.15) is 18.4 Å². The zero-order chi connectivity index (χ0) is 19.4. The predicted octanol–water partition coefficient (Wildman–Crippen LogP) is 3.33. The van der Waals surface area contributed by atoms with E-state index in [2.05, 4.69) is 9.71 Å². The van der Waals surface area contributed by atoms with Gasteiger partial charge in [-0.1, -0.05) is 29.8 Å². The van der Waals surface area contributed by atoms with Crippen molar-refractivity contribution in [3.8, 4) is 0 Å². The number of carbonyl (C=O) groups excluding carboxylic acids is 1. The van der Waals surface area contributed by atoms with Gasteiger partial charge in [0.25, 0.3) is 10.0 Å². The van der Waals surface area contributed by atoms with Crippen molar-refractivity contribution >= 4 is 39.1 Å². The first-order valence-corrected chi connectivity index (χ1v) is 10.4. The van der Waals surface area contributed by atoms with Gasteiger partial charge in [-0.05, 0) is 42.3 Å². The highest BCUT2D eigenvalue weighted by Gasteiger charge is 2.20. The van der Waals surface area contributed by atoms with Gasteiger partial charge >= 0.3 is 0 Å². The lowest BCUT2D eigenvalue weighted by Gasteiger charge is -2.11. The number of halogens is 1.